The monoisotopic (exact) mass is 334 g/mol. The van der Waals surface area contributed by atoms with Gasteiger partial charge in [-0.25, -0.2) is 0 Å². The molecular formula is C15H15BrN2O2. The van der Waals surface area contributed by atoms with Crippen molar-refractivity contribution in [2.45, 2.75) is 13.5 Å². The number of rotatable bonds is 4. The van der Waals surface area contributed by atoms with E-state index in [9.17, 15) is 4.79 Å². The molecule has 2 aromatic rings. The van der Waals surface area contributed by atoms with E-state index >= 15 is 0 Å². The van der Waals surface area contributed by atoms with Crippen molar-refractivity contribution in [1.29, 1.82) is 0 Å². The van der Waals surface area contributed by atoms with Gasteiger partial charge in [-0.05, 0) is 58.2 Å². The summed E-state index contributed by atoms with van der Waals surface area (Å²) in [4.78, 5) is 11.1. The Morgan fingerprint density at radius 3 is 2.65 bits per heavy atom. The zero-order chi connectivity index (χ0) is 14.7. The van der Waals surface area contributed by atoms with Crippen LogP contribution in [0.3, 0.4) is 0 Å². The maximum absolute atomic E-state index is 11.1. The molecular weight excluding hydrogens is 320 g/mol. The highest BCUT2D eigenvalue weighted by molar-refractivity contribution is 9.10. The van der Waals surface area contributed by atoms with E-state index in [1.54, 1.807) is 18.2 Å². The lowest BCUT2D eigenvalue weighted by molar-refractivity contribution is 0.1000. The molecule has 2 rings (SSSR count). The fourth-order valence-corrected chi connectivity index (χ4v) is 2.33. The Hall–Kier alpha value is -2.01. The normalized spacial score (nSPS) is 10.3. The van der Waals surface area contributed by atoms with Crippen molar-refractivity contribution in [3.63, 3.8) is 0 Å². The summed E-state index contributed by atoms with van der Waals surface area (Å²) in [6.07, 6.45) is 0. The molecule has 0 aliphatic heterocycles. The fraction of sp³-hybridized carbons (Fsp3) is 0.133. The first-order valence-corrected chi connectivity index (χ1v) is 6.84. The smallest absolute Gasteiger partial charge is 0.248 e. The molecule has 5 heteroatoms. The van der Waals surface area contributed by atoms with Crippen LogP contribution in [-0.2, 0) is 6.61 Å². The first-order chi connectivity index (χ1) is 9.49. The van der Waals surface area contributed by atoms with E-state index in [1.807, 2.05) is 25.1 Å². The van der Waals surface area contributed by atoms with Crippen molar-refractivity contribution in [3.8, 4) is 5.75 Å². The predicted octanol–water partition coefficient (Wildman–Crippen LogP) is 3.02. The van der Waals surface area contributed by atoms with E-state index in [4.69, 9.17) is 16.2 Å². The maximum Gasteiger partial charge on any atom is 0.248 e. The number of nitrogen functional groups attached to an aromatic ring is 1. The Balaban J connectivity index is 2.17. The van der Waals surface area contributed by atoms with E-state index in [2.05, 4.69) is 15.9 Å². The number of carbonyl (C=O) groups is 1. The highest BCUT2D eigenvalue weighted by Crippen LogP contribution is 2.31. The van der Waals surface area contributed by atoms with Crippen molar-refractivity contribution in [2.75, 3.05) is 5.73 Å². The van der Waals surface area contributed by atoms with E-state index in [1.165, 1.54) is 0 Å². The second kappa shape index (κ2) is 5.96. The van der Waals surface area contributed by atoms with Crippen molar-refractivity contribution in [2.24, 2.45) is 5.73 Å². The predicted molar refractivity (Wildman–Crippen MR) is 82.6 cm³/mol. The number of anilines is 1. The van der Waals surface area contributed by atoms with Crippen LogP contribution in [0.2, 0.25) is 0 Å². The second-order valence-electron chi connectivity index (χ2n) is 4.45. The number of nitrogens with two attached hydrogens (primary N) is 2. The summed E-state index contributed by atoms with van der Waals surface area (Å²) < 4.78 is 6.56. The van der Waals surface area contributed by atoms with Gasteiger partial charge in [-0.3, -0.25) is 4.79 Å². The molecule has 0 spiro atoms. The average molecular weight is 335 g/mol. The minimum absolute atomic E-state index is 0.373. The van der Waals surface area contributed by atoms with Crippen LogP contribution in [0.1, 0.15) is 21.5 Å². The summed E-state index contributed by atoms with van der Waals surface area (Å²) in [5.74, 6) is 0.182. The van der Waals surface area contributed by atoms with Gasteiger partial charge in [0.2, 0.25) is 5.91 Å². The molecule has 0 atom stereocenters. The van der Waals surface area contributed by atoms with Gasteiger partial charge in [-0.15, -0.1) is 0 Å². The lowest BCUT2D eigenvalue weighted by Crippen LogP contribution is -2.11. The van der Waals surface area contributed by atoms with Crippen LogP contribution < -0.4 is 16.2 Å². The van der Waals surface area contributed by atoms with Crippen molar-refractivity contribution < 1.29 is 9.53 Å². The lowest BCUT2D eigenvalue weighted by atomic mass is 10.1. The van der Waals surface area contributed by atoms with Crippen LogP contribution in [-0.4, -0.2) is 5.91 Å². The van der Waals surface area contributed by atoms with Crippen LogP contribution in [0.25, 0.3) is 0 Å². The van der Waals surface area contributed by atoms with Gasteiger partial charge in [0.1, 0.15) is 6.61 Å². The van der Waals surface area contributed by atoms with Gasteiger partial charge >= 0.3 is 0 Å². The SMILES string of the molecule is Cc1cc(C(N)=O)ccc1COc1c(N)cccc1Br. The molecule has 20 heavy (non-hydrogen) atoms. The minimum Gasteiger partial charge on any atom is -0.486 e. The van der Waals surface area contributed by atoms with E-state index in [0.717, 1.165) is 15.6 Å². The number of benzene rings is 2. The number of aryl methyl sites for hydroxylation is 1. The zero-order valence-electron chi connectivity index (χ0n) is 11.0. The van der Waals surface area contributed by atoms with Crippen LogP contribution >= 0.6 is 15.9 Å². The summed E-state index contributed by atoms with van der Waals surface area (Å²) in [5, 5.41) is 0. The molecule has 0 fully saturated rings. The highest BCUT2D eigenvalue weighted by Gasteiger charge is 2.08. The summed E-state index contributed by atoms with van der Waals surface area (Å²) in [7, 11) is 0. The number of primary amides is 1. The quantitative estimate of drug-likeness (QED) is 0.843. The van der Waals surface area contributed by atoms with Crippen LogP contribution in [0, 0.1) is 6.92 Å². The topological polar surface area (TPSA) is 78.3 Å². The molecule has 2 aromatic carbocycles. The molecule has 4 nitrogen and oxygen atoms in total. The van der Waals surface area contributed by atoms with E-state index in [0.29, 0.717) is 23.6 Å². The van der Waals surface area contributed by atoms with Gasteiger partial charge in [0.25, 0.3) is 0 Å². The Labute approximate surface area is 125 Å². The number of hydrogen-bond donors (Lipinski definition) is 2. The first kappa shape index (κ1) is 14.4. The number of carbonyl (C=O) groups excluding carboxylic acids is 1. The lowest BCUT2D eigenvalue weighted by Gasteiger charge is -2.12. The molecule has 0 aliphatic rings. The van der Waals surface area contributed by atoms with Gasteiger partial charge in [-0.1, -0.05) is 12.1 Å². The third-order valence-corrected chi connectivity index (χ3v) is 3.62. The number of halogens is 1. The van der Waals surface area contributed by atoms with Crippen LogP contribution in [0.5, 0.6) is 5.75 Å². The third-order valence-electron chi connectivity index (χ3n) is 3.00. The molecule has 0 aromatic heterocycles. The Bertz CT molecular complexity index is 636. The average Bonchev–Trinajstić information content (AvgIpc) is 2.39. The number of para-hydroxylation sites is 1. The molecule has 0 radical (unpaired) electrons. The van der Waals surface area contributed by atoms with Crippen LogP contribution in [0.15, 0.2) is 40.9 Å². The number of ether oxygens (including phenoxy) is 1. The summed E-state index contributed by atoms with van der Waals surface area (Å²) in [6.45, 7) is 2.28. The first-order valence-electron chi connectivity index (χ1n) is 6.05. The van der Waals surface area contributed by atoms with Gasteiger partial charge in [0, 0.05) is 5.56 Å². The van der Waals surface area contributed by atoms with E-state index < -0.39 is 5.91 Å². The Morgan fingerprint density at radius 2 is 2.05 bits per heavy atom. The molecule has 0 heterocycles. The molecule has 0 saturated carbocycles. The second-order valence-corrected chi connectivity index (χ2v) is 5.31. The Morgan fingerprint density at radius 1 is 1.30 bits per heavy atom. The van der Waals surface area contributed by atoms with E-state index in [-0.39, 0.29) is 0 Å². The maximum atomic E-state index is 11.1. The van der Waals surface area contributed by atoms with Gasteiger partial charge in [0.15, 0.2) is 5.75 Å². The summed E-state index contributed by atoms with van der Waals surface area (Å²) in [6, 6.07) is 10.8. The van der Waals surface area contributed by atoms with Crippen molar-refractivity contribution >= 4 is 27.5 Å². The number of hydrogen-bond acceptors (Lipinski definition) is 3. The molecule has 104 valence electrons. The molecule has 0 bridgehead atoms. The molecule has 0 saturated heterocycles. The highest BCUT2D eigenvalue weighted by atomic mass is 79.9. The molecule has 0 unspecified atom stereocenters. The minimum atomic E-state index is -0.435. The van der Waals surface area contributed by atoms with Crippen LogP contribution in [0.4, 0.5) is 5.69 Å². The summed E-state index contributed by atoms with van der Waals surface area (Å²) in [5.41, 5.74) is 14.1. The molecule has 4 N–H and O–H groups in total. The largest absolute Gasteiger partial charge is 0.486 e. The molecule has 1 amide bonds. The van der Waals surface area contributed by atoms with Gasteiger partial charge in [0.05, 0.1) is 10.2 Å². The van der Waals surface area contributed by atoms with Gasteiger partial charge < -0.3 is 16.2 Å². The van der Waals surface area contributed by atoms with Gasteiger partial charge in [-0.2, -0.15) is 0 Å². The van der Waals surface area contributed by atoms with Crippen molar-refractivity contribution in [1.82, 2.24) is 0 Å². The standard InChI is InChI=1S/C15H15BrN2O2/c1-9-7-10(15(18)19)5-6-11(9)8-20-14-12(16)3-2-4-13(14)17/h2-7H,8,17H2,1H3,(H2,18,19). The van der Waals surface area contributed by atoms with Crippen molar-refractivity contribution in [3.05, 3.63) is 57.6 Å². The third kappa shape index (κ3) is 3.11. The molecule has 0 aliphatic carbocycles. The number of amides is 1. The Kier molecular flexibility index (Phi) is 4.29. The zero-order valence-corrected chi connectivity index (χ0v) is 12.6. The summed E-state index contributed by atoms with van der Waals surface area (Å²) >= 11 is 3.40. The fourth-order valence-electron chi connectivity index (χ4n) is 1.84.